The van der Waals surface area contributed by atoms with Crippen LogP contribution in [0.15, 0.2) is 76.5 Å². The first-order valence-corrected chi connectivity index (χ1v) is 13.5. The Kier molecular flexibility index (Phi) is 13.2. The molecule has 0 bridgehead atoms. The zero-order valence-electron chi connectivity index (χ0n) is 24.3. The molecule has 9 heteroatoms. The van der Waals surface area contributed by atoms with E-state index in [2.05, 4.69) is 28.7 Å². The van der Waals surface area contributed by atoms with Crippen LogP contribution in [0.2, 0.25) is 0 Å². The van der Waals surface area contributed by atoms with Crippen LogP contribution < -0.4 is 16.5 Å². The Bertz CT molecular complexity index is 1230. The zero-order chi connectivity index (χ0) is 29.7. The minimum Gasteiger partial charge on any atom is -0.402 e. The van der Waals surface area contributed by atoms with Crippen molar-refractivity contribution in [2.45, 2.75) is 59.4 Å². The summed E-state index contributed by atoms with van der Waals surface area (Å²) in [5.74, 6) is -0.684. The normalized spacial score (nSPS) is 13.6. The minimum atomic E-state index is -0.371. The predicted molar refractivity (Wildman–Crippen MR) is 163 cm³/mol. The van der Waals surface area contributed by atoms with E-state index in [9.17, 15) is 9.18 Å². The molecule has 0 aliphatic carbocycles. The van der Waals surface area contributed by atoms with Crippen molar-refractivity contribution in [3.05, 3.63) is 83.5 Å². The van der Waals surface area contributed by atoms with E-state index in [-0.39, 0.29) is 24.2 Å². The second kappa shape index (κ2) is 16.3. The molecular weight excluding hydrogens is 507 g/mol. The number of anilines is 2. The molecule has 1 amide bonds. The third kappa shape index (κ3) is 10.4. The molecule has 1 unspecified atom stereocenters. The Balaban J connectivity index is 2.24. The van der Waals surface area contributed by atoms with Crippen LogP contribution in [-0.2, 0) is 4.79 Å². The summed E-state index contributed by atoms with van der Waals surface area (Å²) in [4.78, 5) is 22.8. The van der Waals surface area contributed by atoms with Crippen molar-refractivity contribution in [1.29, 1.82) is 0 Å². The Hall–Kier alpha value is -3.82. The van der Waals surface area contributed by atoms with Gasteiger partial charge in [0.1, 0.15) is 5.82 Å². The molecule has 2 aromatic rings. The predicted octanol–water partition coefficient (Wildman–Crippen LogP) is 5.89. The second-order valence-electron chi connectivity index (χ2n) is 10.1. The number of nitrogens with one attached hydrogen (secondary N) is 2. The summed E-state index contributed by atoms with van der Waals surface area (Å²) in [5, 5.41) is 11.8. The van der Waals surface area contributed by atoms with Crippen LogP contribution in [0.5, 0.6) is 0 Å². The highest BCUT2D eigenvalue weighted by Crippen LogP contribution is 2.23. The summed E-state index contributed by atoms with van der Waals surface area (Å²) < 4.78 is 14.3. The van der Waals surface area contributed by atoms with Crippen LogP contribution in [0.25, 0.3) is 0 Å². The number of hydrogen-bond donors (Lipinski definition) is 4. The third-order valence-corrected chi connectivity index (χ3v) is 6.42. The van der Waals surface area contributed by atoms with Gasteiger partial charge in [-0.15, -0.1) is 0 Å². The molecule has 216 valence electrons. The van der Waals surface area contributed by atoms with Gasteiger partial charge in [0, 0.05) is 46.9 Å². The lowest BCUT2D eigenvalue weighted by Crippen LogP contribution is -2.24. The lowest BCUT2D eigenvalue weighted by molar-refractivity contribution is -0.129. The number of amides is 1. The van der Waals surface area contributed by atoms with Gasteiger partial charge < -0.3 is 16.0 Å². The second-order valence-corrected chi connectivity index (χ2v) is 10.1. The van der Waals surface area contributed by atoms with Crippen molar-refractivity contribution in [2.75, 3.05) is 25.5 Å². The number of nitrogens with two attached hydrogens (primary N) is 1. The maximum absolute atomic E-state index is 14.3. The van der Waals surface area contributed by atoms with Gasteiger partial charge in [-0.1, -0.05) is 24.8 Å². The number of hydroxylamine groups is 1. The molecule has 0 saturated heterocycles. The van der Waals surface area contributed by atoms with Crippen molar-refractivity contribution in [2.24, 2.45) is 15.7 Å². The number of allylic oxidation sites excluding steroid dienone is 2. The molecule has 2 aromatic carbocycles. The fourth-order valence-corrected chi connectivity index (χ4v) is 4.35. The van der Waals surface area contributed by atoms with Gasteiger partial charge in [0.15, 0.2) is 0 Å². The van der Waals surface area contributed by atoms with E-state index >= 15 is 0 Å². The molecule has 8 nitrogen and oxygen atoms in total. The van der Waals surface area contributed by atoms with E-state index in [0.717, 1.165) is 59.7 Å². The summed E-state index contributed by atoms with van der Waals surface area (Å²) in [7, 11) is 2.02. The minimum absolute atomic E-state index is 0.00800. The molecule has 5 N–H and O–H groups in total. The van der Waals surface area contributed by atoms with Crippen LogP contribution in [0.4, 0.5) is 15.8 Å². The third-order valence-electron chi connectivity index (χ3n) is 6.42. The van der Waals surface area contributed by atoms with Gasteiger partial charge in [0.25, 0.3) is 0 Å². The molecule has 0 aliphatic rings. The molecule has 0 aliphatic heterocycles. The van der Waals surface area contributed by atoms with E-state index in [4.69, 9.17) is 15.9 Å². The first kappa shape index (κ1) is 32.4. The summed E-state index contributed by atoms with van der Waals surface area (Å²) in [6.07, 6.45) is 4.23. The first-order valence-electron chi connectivity index (χ1n) is 13.5. The largest absolute Gasteiger partial charge is 0.402 e. The highest BCUT2D eigenvalue weighted by molar-refractivity contribution is 6.30. The molecule has 2 rings (SSSR count). The highest BCUT2D eigenvalue weighted by Gasteiger charge is 2.17. The van der Waals surface area contributed by atoms with Gasteiger partial charge in [-0.05, 0) is 96.9 Å². The topological polar surface area (TPSA) is 115 Å². The molecule has 0 saturated carbocycles. The fourth-order valence-electron chi connectivity index (χ4n) is 4.35. The molecular formula is C31H43FN6O2. The van der Waals surface area contributed by atoms with Crippen molar-refractivity contribution in [1.82, 2.24) is 10.4 Å². The summed E-state index contributed by atoms with van der Waals surface area (Å²) >= 11 is 0. The number of rotatable bonds is 15. The Morgan fingerprint density at radius 1 is 1.18 bits per heavy atom. The Morgan fingerprint density at radius 3 is 2.48 bits per heavy atom. The number of aryl methyl sites for hydroxylation is 1. The van der Waals surface area contributed by atoms with Crippen molar-refractivity contribution < 1.29 is 14.4 Å². The van der Waals surface area contributed by atoms with Gasteiger partial charge in [0.2, 0.25) is 5.91 Å². The number of benzene rings is 2. The number of aliphatic imine (C=N–C) groups is 2. The smallest absolute Gasteiger partial charge is 0.243 e. The zero-order valence-corrected chi connectivity index (χ0v) is 24.3. The van der Waals surface area contributed by atoms with Gasteiger partial charge in [-0.25, -0.2) is 9.87 Å². The number of carbonyl (C=O) groups is 1. The number of nitrogens with zero attached hydrogens (tertiary/aromatic N) is 3. The highest BCUT2D eigenvalue weighted by atomic mass is 19.1. The van der Waals surface area contributed by atoms with Crippen LogP contribution >= 0.6 is 0 Å². The van der Waals surface area contributed by atoms with E-state index in [1.807, 2.05) is 52.1 Å². The van der Waals surface area contributed by atoms with E-state index in [0.29, 0.717) is 17.8 Å². The molecule has 0 spiro atoms. The summed E-state index contributed by atoms with van der Waals surface area (Å²) in [6, 6.07) is 12.7. The monoisotopic (exact) mass is 550 g/mol. The quantitative estimate of drug-likeness (QED) is 0.125. The SMILES string of the molecule is C=CN=C(C)/C(C(=NC(C)CCCN(C)CCCC(=O)NO)c1ccc(Nc2cc(C)ccc2F)cc1)=C(\C)N. The van der Waals surface area contributed by atoms with Crippen LogP contribution in [0, 0.1) is 12.7 Å². The lowest BCUT2D eigenvalue weighted by Gasteiger charge is -2.19. The van der Waals surface area contributed by atoms with Gasteiger partial charge in [-0.3, -0.25) is 20.0 Å². The lowest BCUT2D eigenvalue weighted by atomic mass is 9.96. The molecule has 0 aromatic heterocycles. The first-order chi connectivity index (χ1) is 19.0. The number of carbonyl (C=O) groups excluding carboxylic acids is 1. The Labute approximate surface area is 237 Å². The maximum atomic E-state index is 14.3. The van der Waals surface area contributed by atoms with Crippen LogP contribution in [-0.4, -0.2) is 53.6 Å². The van der Waals surface area contributed by atoms with Crippen molar-refractivity contribution in [3.63, 3.8) is 0 Å². The van der Waals surface area contributed by atoms with E-state index in [1.54, 1.807) is 17.6 Å². The van der Waals surface area contributed by atoms with Gasteiger partial charge in [-0.2, -0.15) is 0 Å². The molecule has 0 radical (unpaired) electrons. The van der Waals surface area contributed by atoms with Gasteiger partial charge in [0.05, 0.1) is 11.4 Å². The fraction of sp³-hybridized carbons (Fsp3) is 0.387. The van der Waals surface area contributed by atoms with Crippen LogP contribution in [0.1, 0.15) is 57.6 Å². The molecule has 40 heavy (non-hydrogen) atoms. The molecule has 1 atom stereocenters. The van der Waals surface area contributed by atoms with Crippen LogP contribution in [0.3, 0.4) is 0 Å². The molecule has 0 heterocycles. The summed E-state index contributed by atoms with van der Waals surface area (Å²) in [5.41, 5.74) is 13.8. The van der Waals surface area contributed by atoms with E-state index < -0.39 is 0 Å². The number of halogens is 1. The Morgan fingerprint density at radius 2 is 1.85 bits per heavy atom. The number of hydrogen-bond acceptors (Lipinski definition) is 7. The van der Waals surface area contributed by atoms with Gasteiger partial charge >= 0.3 is 0 Å². The standard InChI is InChI=1S/C31H43FN6O2/c1-7-34-24(5)30(23(4)33)31(35-22(3)10-8-18-38(6)19-9-11-29(39)37-40)25-13-15-26(16-14-25)36-28-20-21(2)12-17-27(28)32/h7,12-17,20,22,36,40H,1,8-11,18-19,33H2,2-6H3,(H,37,39)/b30-23-,34-24?,35-31?. The average molecular weight is 551 g/mol. The average Bonchev–Trinajstić information content (AvgIpc) is 2.90. The van der Waals surface area contributed by atoms with Crippen molar-refractivity contribution >= 4 is 28.7 Å². The summed E-state index contributed by atoms with van der Waals surface area (Å²) in [6.45, 7) is 13.1. The molecule has 0 fully saturated rings. The maximum Gasteiger partial charge on any atom is 0.243 e. The van der Waals surface area contributed by atoms with Crippen molar-refractivity contribution in [3.8, 4) is 0 Å². The van der Waals surface area contributed by atoms with E-state index in [1.165, 1.54) is 12.3 Å².